The van der Waals surface area contributed by atoms with Gasteiger partial charge in [-0.1, -0.05) is 0 Å². The number of piperazine rings is 1. The molecule has 0 spiro atoms. The molecule has 2 atom stereocenters. The Balaban J connectivity index is 1.85. The van der Waals surface area contributed by atoms with Crippen molar-refractivity contribution >= 4 is 11.9 Å². The molecule has 0 amide bonds. The van der Waals surface area contributed by atoms with Crippen LogP contribution >= 0.6 is 11.9 Å². The quantitative estimate of drug-likeness (QED) is 0.786. The second-order valence-electron chi connectivity index (χ2n) is 6.64. The Hall–Kier alpha value is -1.88. The first-order chi connectivity index (χ1) is 12.4. The van der Waals surface area contributed by atoms with Crippen molar-refractivity contribution in [2.24, 2.45) is 0 Å². The highest BCUT2D eigenvalue weighted by Crippen LogP contribution is 2.36. The molecule has 2 unspecified atom stereocenters. The highest BCUT2D eigenvalue weighted by atomic mass is 32.2. The van der Waals surface area contributed by atoms with E-state index >= 15 is 0 Å². The lowest BCUT2D eigenvalue weighted by Gasteiger charge is -2.35. The van der Waals surface area contributed by atoms with Crippen LogP contribution in [-0.2, 0) is 0 Å². The SMILES string of the molecule is CC1CN(Sc2cc(C#N)ccc2OC2=C(F)CCC(F)=C2)CC(C)N1. The first kappa shape index (κ1) is 18.9. The van der Waals surface area contributed by atoms with Gasteiger partial charge in [-0.05, 0) is 44.0 Å². The fourth-order valence-electron chi connectivity index (χ4n) is 3.07. The van der Waals surface area contributed by atoms with E-state index in [-0.39, 0.29) is 18.6 Å². The van der Waals surface area contributed by atoms with Crippen LogP contribution in [0.25, 0.3) is 0 Å². The van der Waals surface area contributed by atoms with E-state index in [4.69, 9.17) is 4.74 Å². The Morgan fingerprint density at radius 2 is 1.96 bits per heavy atom. The summed E-state index contributed by atoms with van der Waals surface area (Å²) < 4.78 is 35.4. The molecule has 7 heteroatoms. The van der Waals surface area contributed by atoms with Crippen molar-refractivity contribution in [3.05, 3.63) is 47.3 Å². The highest BCUT2D eigenvalue weighted by molar-refractivity contribution is 7.97. The normalized spacial score (nSPS) is 24.2. The van der Waals surface area contributed by atoms with Gasteiger partial charge in [-0.25, -0.2) is 13.1 Å². The molecule has 1 aromatic carbocycles. The first-order valence-corrected chi connectivity index (χ1v) is 9.37. The third kappa shape index (κ3) is 4.64. The zero-order valence-corrected chi connectivity index (χ0v) is 15.6. The van der Waals surface area contributed by atoms with Gasteiger partial charge in [-0.3, -0.25) is 0 Å². The Bertz CT molecular complexity index is 777. The van der Waals surface area contributed by atoms with Crippen LogP contribution in [0.5, 0.6) is 5.75 Å². The molecule has 0 aromatic heterocycles. The number of nitrogens with one attached hydrogen (secondary N) is 1. The molecule has 4 nitrogen and oxygen atoms in total. The third-order valence-electron chi connectivity index (χ3n) is 4.18. The summed E-state index contributed by atoms with van der Waals surface area (Å²) in [4.78, 5) is 0.713. The van der Waals surface area contributed by atoms with Gasteiger partial charge in [0.15, 0.2) is 5.76 Å². The maximum Gasteiger partial charge on any atom is 0.161 e. The van der Waals surface area contributed by atoms with E-state index in [1.807, 2.05) is 0 Å². The number of hydrogen-bond acceptors (Lipinski definition) is 5. The van der Waals surface area contributed by atoms with Crippen LogP contribution in [-0.4, -0.2) is 29.5 Å². The van der Waals surface area contributed by atoms with Gasteiger partial charge in [-0.15, -0.1) is 0 Å². The number of rotatable bonds is 4. The Morgan fingerprint density at radius 1 is 1.23 bits per heavy atom. The van der Waals surface area contributed by atoms with E-state index in [0.29, 0.717) is 28.3 Å². The van der Waals surface area contributed by atoms with Crippen molar-refractivity contribution in [1.29, 1.82) is 5.26 Å². The number of halogens is 2. The molecule has 1 fully saturated rings. The van der Waals surface area contributed by atoms with E-state index in [9.17, 15) is 14.0 Å². The zero-order chi connectivity index (χ0) is 18.7. The van der Waals surface area contributed by atoms with Crippen molar-refractivity contribution in [3.63, 3.8) is 0 Å². The number of ether oxygens (including phenoxy) is 1. The third-order valence-corrected chi connectivity index (χ3v) is 5.25. The molecule has 0 bridgehead atoms. The number of benzene rings is 1. The second-order valence-corrected chi connectivity index (χ2v) is 7.78. The smallest absolute Gasteiger partial charge is 0.161 e. The van der Waals surface area contributed by atoms with E-state index in [1.54, 1.807) is 18.2 Å². The number of nitrogens with zero attached hydrogens (tertiary/aromatic N) is 2. The lowest BCUT2D eigenvalue weighted by molar-refractivity contribution is 0.280. The molecule has 1 heterocycles. The summed E-state index contributed by atoms with van der Waals surface area (Å²) in [5.41, 5.74) is 0.496. The predicted octanol–water partition coefficient (Wildman–Crippen LogP) is 4.45. The lowest BCUT2D eigenvalue weighted by atomic mass is 10.1. The van der Waals surface area contributed by atoms with Crippen molar-refractivity contribution < 1.29 is 13.5 Å². The van der Waals surface area contributed by atoms with Crippen LogP contribution in [0.3, 0.4) is 0 Å². The molecule has 1 aliphatic carbocycles. The van der Waals surface area contributed by atoms with Gasteiger partial charge in [0.2, 0.25) is 0 Å². The summed E-state index contributed by atoms with van der Waals surface area (Å²) in [5, 5.41) is 12.7. The van der Waals surface area contributed by atoms with Gasteiger partial charge < -0.3 is 10.1 Å². The van der Waals surface area contributed by atoms with Gasteiger partial charge in [0.05, 0.1) is 16.5 Å². The summed E-state index contributed by atoms with van der Waals surface area (Å²) in [6.45, 7) is 5.89. The number of hydrogen-bond donors (Lipinski definition) is 1. The van der Waals surface area contributed by atoms with Gasteiger partial charge in [0.1, 0.15) is 17.4 Å². The summed E-state index contributed by atoms with van der Waals surface area (Å²) in [6.07, 6.45) is 1.16. The van der Waals surface area contributed by atoms with E-state index < -0.39 is 11.7 Å². The minimum absolute atomic E-state index is 0.00322. The minimum Gasteiger partial charge on any atom is -0.453 e. The van der Waals surface area contributed by atoms with Crippen LogP contribution in [0.1, 0.15) is 32.3 Å². The van der Waals surface area contributed by atoms with Crippen molar-refractivity contribution in [3.8, 4) is 11.8 Å². The fourth-order valence-corrected chi connectivity index (χ4v) is 4.33. The average Bonchev–Trinajstić information content (AvgIpc) is 2.58. The monoisotopic (exact) mass is 377 g/mol. The zero-order valence-electron chi connectivity index (χ0n) is 14.8. The highest BCUT2D eigenvalue weighted by Gasteiger charge is 2.24. The standard InChI is InChI=1S/C19H21F2N3OS/c1-12-10-24(11-13(2)23-12)26-19-7-14(9-22)3-6-17(19)25-18-8-15(20)4-5-16(18)21/h3,6-8,12-13,23H,4-5,10-11H2,1-2H3. The molecule has 0 saturated carbocycles. The molecule has 1 aromatic rings. The summed E-state index contributed by atoms with van der Waals surface area (Å²) in [7, 11) is 0. The Morgan fingerprint density at radius 3 is 2.65 bits per heavy atom. The van der Waals surface area contributed by atoms with Crippen LogP contribution in [0, 0.1) is 11.3 Å². The predicted molar refractivity (Wildman–Crippen MR) is 97.8 cm³/mol. The van der Waals surface area contributed by atoms with Crippen molar-refractivity contribution in [1.82, 2.24) is 9.62 Å². The fraction of sp³-hybridized carbons (Fsp3) is 0.421. The van der Waals surface area contributed by atoms with Crippen LogP contribution in [0.15, 0.2) is 46.6 Å². The van der Waals surface area contributed by atoms with Crippen LogP contribution in [0.4, 0.5) is 8.78 Å². The van der Waals surface area contributed by atoms with Crippen LogP contribution < -0.4 is 10.1 Å². The molecular weight excluding hydrogens is 356 g/mol. The van der Waals surface area contributed by atoms with Crippen molar-refractivity contribution in [2.75, 3.05) is 13.1 Å². The molecule has 1 saturated heterocycles. The van der Waals surface area contributed by atoms with Crippen molar-refractivity contribution in [2.45, 2.75) is 43.7 Å². The molecule has 0 radical (unpaired) electrons. The molecule has 2 aliphatic rings. The van der Waals surface area contributed by atoms with Gasteiger partial charge in [-0.2, -0.15) is 5.26 Å². The largest absolute Gasteiger partial charge is 0.453 e. The molecule has 138 valence electrons. The number of nitriles is 1. The summed E-state index contributed by atoms with van der Waals surface area (Å²) >= 11 is 1.48. The van der Waals surface area contributed by atoms with Gasteiger partial charge in [0, 0.05) is 44.1 Å². The molecule has 3 rings (SSSR count). The van der Waals surface area contributed by atoms with Gasteiger partial charge >= 0.3 is 0 Å². The summed E-state index contributed by atoms with van der Waals surface area (Å²) in [6, 6.07) is 7.76. The van der Waals surface area contributed by atoms with Gasteiger partial charge in [0.25, 0.3) is 0 Å². The Kier molecular flexibility index (Phi) is 5.97. The molecule has 1 N–H and O–H groups in total. The average molecular weight is 377 g/mol. The molecule has 26 heavy (non-hydrogen) atoms. The van der Waals surface area contributed by atoms with E-state index in [0.717, 1.165) is 19.2 Å². The topological polar surface area (TPSA) is 48.3 Å². The van der Waals surface area contributed by atoms with E-state index in [1.165, 1.54) is 11.9 Å². The second kappa shape index (κ2) is 8.21. The summed E-state index contributed by atoms with van der Waals surface area (Å²) in [5.74, 6) is -0.531. The first-order valence-electron chi connectivity index (χ1n) is 8.60. The number of allylic oxidation sites excluding steroid dienone is 3. The Labute approximate surface area is 156 Å². The minimum atomic E-state index is -0.462. The maximum atomic E-state index is 14.0. The molecular formula is C19H21F2N3OS. The van der Waals surface area contributed by atoms with E-state index in [2.05, 4.69) is 29.5 Å². The molecule has 1 aliphatic heterocycles. The van der Waals surface area contributed by atoms with Crippen LogP contribution in [0.2, 0.25) is 0 Å². The lowest BCUT2D eigenvalue weighted by Crippen LogP contribution is -2.51. The maximum absolute atomic E-state index is 14.0.